The first kappa shape index (κ1) is 12.6. The molecule has 0 saturated carbocycles. The number of hydrogen-bond donors (Lipinski definition) is 1. The van der Waals surface area contributed by atoms with Crippen LogP contribution in [0.15, 0.2) is 24.4 Å². The number of nitrogens with zero attached hydrogens (tertiary/aromatic N) is 2. The van der Waals surface area contributed by atoms with Crippen LogP contribution in [0.1, 0.15) is 0 Å². The zero-order chi connectivity index (χ0) is 13.1. The van der Waals surface area contributed by atoms with Gasteiger partial charge in [-0.05, 0) is 12.1 Å². The first-order valence-corrected chi connectivity index (χ1v) is 5.58. The summed E-state index contributed by atoms with van der Waals surface area (Å²) in [4.78, 5) is 8.00. The van der Waals surface area contributed by atoms with Crippen LogP contribution in [0.4, 0.5) is 10.2 Å². The summed E-state index contributed by atoms with van der Waals surface area (Å²) in [6, 6.07) is 5.20. The highest BCUT2D eigenvalue weighted by Gasteiger charge is 2.15. The van der Waals surface area contributed by atoms with Gasteiger partial charge in [-0.25, -0.2) is 14.4 Å². The van der Waals surface area contributed by atoms with Crippen molar-refractivity contribution in [2.45, 2.75) is 0 Å². The number of halogens is 2. The van der Waals surface area contributed by atoms with Gasteiger partial charge in [0.1, 0.15) is 5.75 Å². The molecule has 0 unspecified atom stereocenters. The third-order valence-corrected chi connectivity index (χ3v) is 2.71. The fourth-order valence-corrected chi connectivity index (χ4v) is 1.80. The maximum atomic E-state index is 13.3. The molecule has 6 heteroatoms. The van der Waals surface area contributed by atoms with Gasteiger partial charge in [-0.2, -0.15) is 0 Å². The molecule has 0 aliphatic heterocycles. The van der Waals surface area contributed by atoms with Crippen LogP contribution in [0.3, 0.4) is 0 Å². The summed E-state index contributed by atoms with van der Waals surface area (Å²) in [5, 5.41) is 3.10. The predicted octanol–water partition coefficient (Wildman–Crippen LogP) is 2.99. The zero-order valence-corrected chi connectivity index (χ0v) is 10.6. The number of ether oxygens (including phenoxy) is 1. The highest BCUT2D eigenvalue weighted by molar-refractivity contribution is 6.33. The lowest BCUT2D eigenvalue weighted by Crippen LogP contribution is -2.01. The average Bonchev–Trinajstić information content (AvgIpc) is 2.39. The largest absolute Gasteiger partial charge is 0.496 e. The van der Waals surface area contributed by atoms with Crippen LogP contribution in [0.2, 0.25) is 5.02 Å². The summed E-state index contributed by atoms with van der Waals surface area (Å²) in [7, 11) is 3.11. The number of aromatic nitrogens is 2. The van der Waals surface area contributed by atoms with Gasteiger partial charge in [0.15, 0.2) is 17.5 Å². The van der Waals surface area contributed by atoms with E-state index >= 15 is 0 Å². The molecule has 1 aromatic carbocycles. The van der Waals surface area contributed by atoms with Crippen molar-refractivity contribution in [2.24, 2.45) is 0 Å². The van der Waals surface area contributed by atoms with E-state index < -0.39 is 5.82 Å². The second-order valence-corrected chi connectivity index (χ2v) is 3.86. The maximum Gasteiger partial charge on any atom is 0.183 e. The van der Waals surface area contributed by atoms with E-state index in [2.05, 4.69) is 15.3 Å². The van der Waals surface area contributed by atoms with E-state index in [0.29, 0.717) is 22.2 Å². The molecule has 0 saturated heterocycles. The smallest absolute Gasteiger partial charge is 0.183 e. The van der Waals surface area contributed by atoms with Gasteiger partial charge in [-0.15, -0.1) is 0 Å². The molecule has 0 spiro atoms. The summed E-state index contributed by atoms with van der Waals surface area (Å²) in [6.07, 6.45) is 1.09. The van der Waals surface area contributed by atoms with Gasteiger partial charge in [0.05, 0.1) is 23.9 Å². The Morgan fingerprint density at radius 3 is 2.83 bits per heavy atom. The Morgan fingerprint density at radius 2 is 2.17 bits per heavy atom. The van der Waals surface area contributed by atoms with Crippen molar-refractivity contribution in [3.8, 4) is 17.1 Å². The Morgan fingerprint density at radius 1 is 1.39 bits per heavy atom. The third-order valence-electron chi connectivity index (χ3n) is 2.40. The van der Waals surface area contributed by atoms with Crippen molar-refractivity contribution < 1.29 is 9.13 Å². The maximum absolute atomic E-state index is 13.3. The number of nitrogens with one attached hydrogen (secondary N) is 1. The molecule has 0 radical (unpaired) electrons. The summed E-state index contributed by atoms with van der Waals surface area (Å²) in [6.45, 7) is 0. The molecule has 0 aliphatic carbocycles. The van der Waals surface area contributed by atoms with E-state index in [9.17, 15) is 4.39 Å². The van der Waals surface area contributed by atoms with E-state index in [-0.39, 0.29) is 5.82 Å². The van der Waals surface area contributed by atoms with Crippen LogP contribution in [0.25, 0.3) is 11.4 Å². The third kappa shape index (κ3) is 2.22. The minimum absolute atomic E-state index is 0.113. The summed E-state index contributed by atoms with van der Waals surface area (Å²) < 4.78 is 18.5. The molecule has 1 N–H and O–H groups in total. The molecule has 0 aliphatic rings. The molecule has 2 aromatic rings. The second kappa shape index (κ2) is 5.18. The van der Waals surface area contributed by atoms with E-state index in [1.165, 1.54) is 7.11 Å². The molecule has 0 bridgehead atoms. The van der Waals surface area contributed by atoms with Gasteiger partial charge < -0.3 is 10.1 Å². The monoisotopic (exact) mass is 267 g/mol. The van der Waals surface area contributed by atoms with E-state index in [4.69, 9.17) is 16.3 Å². The minimum atomic E-state index is -0.521. The highest BCUT2D eigenvalue weighted by Crippen LogP contribution is 2.34. The summed E-state index contributed by atoms with van der Waals surface area (Å²) in [5.74, 6) is 0.439. The van der Waals surface area contributed by atoms with Crippen LogP contribution in [-0.2, 0) is 0 Å². The fourth-order valence-electron chi connectivity index (χ4n) is 1.55. The van der Waals surface area contributed by atoms with Crippen LogP contribution in [0.5, 0.6) is 5.75 Å². The molecule has 0 fully saturated rings. The van der Waals surface area contributed by atoms with Gasteiger partial charge in [-0.3, -0.25) is 0 Å². The van der Waals surface area contributed by atoms with E-state index in [1.807, 2.05) is 0 Å². The molecule has 1 aromatic heterocycles. The van der Waals surface area contributed by atoms with Gasteiger partial charge >= 0.3 is 0 Å². The van der Waals surface area contributed by atoms with Gasteiger partial charge in [0.2, 0.25) is 0 Å². The normalized spacial score (nSPS) is 10.2. The number of rotatable bonds is 3. The van der Waals surface area contributed by atoms with Crippen LogP contribution >= 0.6 is 11.6 Å². The lowest BCUT2D eigenvalue weighted by atomic mass is 10.2. The molecule has 18 heavy (non-hydrogen) atoms. The van der Waals surface area contributed by atoms with Gasteiger partial charge in [-0.1, -0.05) is 17.7 Å². The number of anilines is 1. The number of methoxy groups -OCH3 is 1. The topological polar surface area (TPSA) is 47.0 Å². The van der Waals surface area contributed by atoms with E-state index in [0.717, 1.165) is 6.20 Å². The predicted molar refractivity (Wildman–Crippen MR) is 68.5 cm³/mol. The first-order chi connectivity index (χ1) is 8.67. The minimum Gasteiger partial charge on any atom is -0.496 e. The fraction of sp³-hybridized carbons (Fsp3) is 0.167. The average molecular weight is 268 g/mol. The quantitative estimate of drug-likeness (QED) is 0.929. The van der Waals surface area contributed by atoms with Crippen molar-refractivity contribution in [3.63, 3.8) is 0 Å². The van der Waals surface area contributed by atoms with Crippen molar-refractivity contribution in [3.05, 3.63) is 35.2 Å². The van der Waals surface area contributed by atoms with Crippen molar-refractivity contribution >= 4 is 17.4 Å². The van der Waals surface area contributed by atoms with Crippen molar-refractivity contribution in [1.82, 2.24) is 9.97 Å². The van der Waals surface area contributed by atoms with E-state index in [1.54, 1.807) is 25.2 Å². The van der Waals surface area contributed by atoms with Crippen LogP contribution in [-0.4, -0.2) is 24.1 Å². The molecule has 94 valence electrons. The Labute approximate surface area is 109 Å². The second-order valence-electron chi connectivity index (χ2n) is 3.46. The van der Waals surface area contributed by atoms with Crippen molar-refractivity contribution in [2.75, 3.05) is 19.5 Å². The standard InChI is InChI=1S/C12H11ClFN3O/c1-15-11-8(14)6-16-12(17-11)10-7(13)4-3-5-9(10)18-2/h3-6H,1-2H3,(H,15,16,17). The molecule has 4 nitrogen and oxygen atoms in total. The Balaban J connectivity index is 2.61. The molecule has 0 atom stereocenters. The van der Waals surface area contributed by atoms with Crippen LogP contribution in [0, 0.1) is 5.82 Å². The summed E-state index contributed by atoms with van der Waals surface area (Å²) in [5.41, 5.74) is 0.540. The van der Waals surface area contributed by atoms with Crippen molar-refractivity contribution in [1.29, 1.82) is 0 Å². The lowest BCUT2D eigenvalue weighted by Gasteiger charge is -2.10. The van der Waals surface area contributed by atoms with Crippen LogP contribution < -0.4 is 10.1 Å². The molecular formula is C12H11ClFN3O. The molecular weight excluding hydrogens is 257 g/mol. The lowest BCUT2D eigenvalue weighted by molar-refractivity contribution is 0.416. The SMILES string of the molecule is CNc1nc(-c2c(Cl)cccc2OC)ncc1F. The number of hydrogen-bond acceptors (Lipinski definition) is 4. The Kier molecular flexibility index (Phi) is 3.62. The van der Waals surface area contributed by atoms with Gasteiger partial charge in [0, 0.05) is 7.05 Å². The number of benzene rings is 1. The molecule has 2 rings (SSSR count). The Hall–Kier alpha value is -1.88. The Bertz CT molecular complexity index is 577. The molecule has 0 amide bonds. The highest BCUT2D eigenvalue weighted by atomic mass is 35.5. The zero-order valence-electron chi connectivity index (χ0n) is 9.87. The summed E-state index contributed by atoms with van der Waals surface area (Å²) >= 11 is 6.10. The van der Waals surface area contributed by atoms with Gasteiger partial charge in [0.25, 0.3) is 0 Å². The first-order valence-electron chi connectivity index (χ1n) is 5.20. The molecule has 1 heterocycles.